The molecule has 3 aliphatic heterocycles. The number of hydrogen-bond donors (Lipinski definition) is 1. The normalized spacial score (nSPS) is 44.1. The van der Waals surface area contributed by atoms with Crippen LogP contribution in [0.2, 0.25) is 0 Å². The largest absolute Gasteiger partial charge is 0.380 e. The smallest absolute Gasteiger partial charge is 0.0711 e. The Bertz CT molecular complexity index is 237. The second-order valence-corrected chi connectivity index (χ2v) is 5.37. The van der Waals surface area contributed by atoms with Gasteiger partial charge in [-0.1, -0.05) is 0 Å². The van der Waals surface area contributed by atoms with E-state index in [2.05, 4.69) is 10.2 Å². The predicted molar refractivity (Wildman–Crippen MR) is 61.5 cm³/mol. The van der Waals surface area contributed by atoms with Gasteiger partial charge in [0.25, 0.3) is 0 Å². The summed E-state index contributed by atoms with van der Waals surface area (Å²) in [5.41, 5.74) is 0. The second kappa shape index (κ2) is 4.61. The van der Waals surface area contributed by atoms with E-state index in [0.717, 1.165) is 32.6 Å². The third kappa shape index (κ3) is 2.25. The van der Waals surface area contributed by atoms with Crippen molar-refractivity contribution in [2.75, 3.05) is 33.3 Å². The Morgan fingerprint density at radius 3 is 2.69 bits per heavy atom. The van der Waals surface area contributed by atoms with Gasteiger partial charge >= 0.3 is 0 Å². The van der Waals surface area contributed by atoms with Gasteiger partial charge in [0.1, 0.15) is 0 Å². The maximum atomic E-state index is 5.85. The molecule has 0 aromatic rings. The van der Waals surface area contributed by atoms with Crippen LogP contribution in [0.3, 0.4) is 0 Å². The molecule has 3 rings (SSSR count). The first kappa shape index (κ1) is 11.0. The van der Waals surface area contributed by atoms with Crippen molar-refractivity contribution in [3.63, 3.8) is 0 Å². The topological polar surface area (TPSA) is 33.7 Å². The van der Waals surface area contributed by atoms with Crippen LogP contribution in [-0.4, -0.2) is 62.5 Å². The molecule has 4 unspecified atom stereocenters. The number of likely N-dealkylation sites (tertiary alicyclic amines) is 1. The number of hydrogen-bond acceptors (Lipinski definition) is 4. The summed E-state index contributed by atoms with van der Waals surface area (Å²) in [4.78, 5) is 2.57. The van der Waals surface area contributed by atoms with Crippen molar-refractivity contribution >= 4 is 0 Å². The van der Waals surface area contributed by atoms with E-state index in [0.29, 0.717) is 24.4 Å². The van der Waals surface area contributed by atoms with Crippen molar-refractivity contribution in [1.29, 1.82) is 0 Å². The van der Waals surface area contributed by atoms with Crippen molar-refractivity contribution in [1.82, 2.24) is 10.2 Å². The molecule has 4 atom stereocenters. The molecule has 3 fully saturated rings. The van der Waals surface area contributed by atoms with Gasteiger partial charge in [0.2, 0.25) is 0 Å². The molecule has 4 nitrogen and oxygen atoms in total. The lowest BCUT2D eigenvalue weighted by molar-refractivity contribution is -0.0404. The molecule has 0 amide bonds. The van der Waals surface area contributed by atoms with Crippen LogP contribution >= 0.6 is 0 Å². The Balaban J connectivity index is 1.48. The summed E-state index contributed by atoms with van der Waals surface area (Å²) < 4.78 is 11.2. The van der Waals surface area contributed by atoms with Gasteiger partial charge in [-0.05, 0) is 19.3 Å². The summed E-state index contributed by atoms with van der Waals surface area (Å²) in [5, 5.41) is 3.55. The SMILES string of the molecule is COC1CNC(CN2CC3CCC(C2)O3)C1. The Kier molecular flexibility index (Phi) is 3.16. The number of methoxy groups -OCH3 is 1. The number of fused-ring (bicyclic) bond motifs is 2. The lowest BCUT2D eigenvalue weighted by Crippen LogP contribution is -2.47. The number of nitrogens with zero attached hydrogens (tertiary/aromatic N) is 1. The van der Waals surface area contributed by atoms with Gasteiger partial charge in [-0.3, -0.25) is 4.90 Å². The summed E-state index contributed by atoms with van der Waals surface area (Å²) in [6.07, 6.45) is 5.13. The molecule has 0 radical (unpaired) electrons. The molecular formula is C12H22N2O2. The van der Waals surface area contributed by atoms with Crippen molar-refractivity contribution in [3.8, 4) is 0 Å². The maximum absolute atomic E-state index is 5.85. The standard InChI is InChI=1S/C12H22N2O2/c1-15-12-4-9(13-5-12)6-14-7-10-2-3-11(8-14)16-10/h9-13H,2-8H2,1H3. The lowest BCUT2D eigenvalue weighted by Gasteiger charge is -2.33. The van der Waals surface area contributed by atoms with Crippen molar-refractivity contribution < 1.29 is 9.47 Å². The minimum Gasteiger partial charge on any atom is -0.380 e. The van der Waals surface area contributed by atoms with E-state index < -0.39 is 0 Å². The molecule has 16 heavy (non-hydrogen) atoms. The average Bonchev–Trinajstić information content (AvgIpc) is 2.86. The zero-order chi connectivity index (χ0) is 11.0. The van der Waals surface area contributed by atoms with Gasteiger partial charge in [0.15, 0.2) is 0 Å². The fraction of sp³-hybridized carbons (Fsp3) is 1.00. The molecule has 3 aliphatic rings. The molecule has 2 bridgehead atoms. The van der Waals surface area contributed by atoms with E-state index in [4.69, 9.17) is 9.47 Å². The van der Waals surface area contributed by atoms with Crippen LogP contribution < -0.4 is 5.32 Å². The summed E-state index contributed by atoms with van der Waals surface area (Å²) in [6, 6.07) is 0.613. The third-order valence-electron chi connectivity index (χ3n) is 4.11. The number of rotatable bonds is 3. The summed E-state index contributed by atoms with van der Waals surface area (Å²) in [5.74, 6) is 0. The lowest BCUT2D eigenvalue weighted by atomic mass is 10.1. The molecule has 0 spiro atoms. The van der Waals surface area contributed by atoms with Gasteiger partial charge in [-0.2, -0.15) is 0 Å². The van der Waals surface area contributed by atoms with Crippen LogP contribution in [0.4, 0.5) is 0 Å². The Morgan fingerprint density at radius 2 is 2.06 bits per heavy atom. The molecule has 3 saturated heterocycles. The Hall–Kier alpha value is -0.160. The fourth-order valence-electron chi connectivity index (χ4n) is 3.26. The molecule has 0 aromatic heterocycles. The van der Waals surface area contributed by atoms with Crippen LogP contribution in [0.1, 0.15) is 19.3 Å². The number of nitrogens with one attached hydrogen (secondary N) is 1. The molecular weight excluding hydrogens is 204 g/mol. The van der Waals surface area contributed by atoms with Crippen LogP contribution in [-0.2, 0) is 9.47 Å². The highest BCUT2D eigenvalue weighted by Gasteiger charge is 2.35. The second-order valence-electron chi connectivity index (χ2n) is 5.37. The first-order valence-electron chi connectivity index (χ1n) is 6.47. The molecule has 0 aliphatic carbocycles. The highest BCUT2D eigenvalue weighted by Crippen LogP contribution is 2.26. The molecule has 4 heteroatoms. The Morgan fingerprint density at radius 1 is 1.31 bits per heavy atom. The molecule has 0 saturated carbocycles. The zero-order valence-electron chi connectivity index (χ0n) is 10.0. The molecule has 3 heterocycles. The van der Waals surface area contributed by atoms with Gasteiger partial charge in [-0.25, -0.2) is 0 Å². The van der Waals surface area contributed by atoms with Crippen LogP contribution in [0, 0.1) is 0 Å². The van der Waals surface area contributed by atoms with E-state index >= 15 is 0 Å². The first-order valence-corrected chi connectivity index (χ1v) is 6.47. The molecule has 92 valence electrons. The van der Waals surface area contributed by atoms with Gasteiger partial charge < -0.3 is 14.8 Å². The van der Waals surface area contributed by atoms with Crippen molar-refractivity contribution in [2.24, 2.45) is 0 Å². The summed E-state index contributed by atoms with van der Waals surface area (Å²) in [7, 11) is 1.81. The van der Waals surface area contributed by atoms with Gasteiger partial charge in [-0.15, -0.1) is 0 Å². The monoisotopic (exact) mass is 226 g/mol. The zero-order valence-corrected chi connectivity index (χ0v) is 10.0. The van der Waals surface area contributed by atoms with Gasteiger partial charge in [0.05, 0.1) is 18.3 Å². The van der Waals surface area contributed by atoms with Crippen LogP contribution in [0.15, 0.2) is 0 Å². The van der Waals surface area contributed by atoms with Gasteiger partial charge in [0, 0.05) is 39.3 Å². The summed E-state index contributed by atoms with van der Waals surface area (Å²) >= 11 is 0. The molecule has 1 N–H and O–H groups in total. The van der Waals surface area contributed by atoms with E-state index in [-0.39, 0.29) is 0 Å². The summed E-state index contributed by atoms with van der Waals surface area (Å²) in [6.45, 7) is 4.44. The average molecular weight is 226 g/mol. The maximum Gasteiger partial charge on any atom is 0.0711 e. The van der Waals surface area contributed by atoms with E-state index in [9.17, 15) is 0 Å². The highest BCUT2D eigenvalue weighted by atomic mass is 16.5. The minimum atomic E-state index is 0.419. The number of ether oxygens (including phenoxy) is 2. The molecule has 0 aromatic carbocycles. The minimum absolute atomic E-state index is 0.419. The van der Waals surface area contributed by atoms with E-state index in [1.807, 2.05) is 7.11 Å². The Labute approximate surface area is 97.3 Å². The first-order chi connectivity index (χ1) is 7.83. The predicted octanol–water partition coefficient (Wildman–Crippen LogP) is 0.227. The van der Waals surface area contributed by atoms with Crippen molar-refractivity contribution in [3.05, 3.63) is 0 Å². The number of morpholine rings is 1. The fourth-order valence-corrected chi connectivity index (χ4v) is 3.26. The quantitative estimate of drug-likeness (QED) is 0.747. The third-order valence-corrected chi connectivity index (χ3v) is 4.11. The van der Waals surface area contributed by atoms with Crippen LogP contribution in [0.5, 0.6) is 0 Å². The van der Waals surface area contributed by atoms with Crippen LogP contribution in [0.25, 0.3) is 0 Å². The van der Waals surface area contributed by atoms with E-state index in [1.54, 1.807) is 0 Å². The van der Waals surface area contributed by atoms with E-state index in [1.165, 1.54) is 12.8 Å². The highest BCUT2D eigenvalue weighted by molar-refractivity contribution is 4.89. The van der Waals surface area contributed by atoms with Crippen molar-refractivity contribution in [2.45, 2.75) is 43.6 Å².